The van der Waals surface area contributed by atoms with Crippen molar-refractivity contribution in [3.8, 4) is 5.75 Å². The zero-order valence-electron chi connectivity index (χ0n) is 12.8. The van der Waals surface area contributed by atoms with Crippen LogP contribution in [-0.4, -0.2) is 31.6 Å². The van der Waals surface area contributed by atoms with Crippen LogP contribution in [0.2, 0.25) is 0 Å². The Morgan fingerprint density at radius 1 is 1.30 bits per heavy atom. The minimum Gasteiger partial charge on any atom is -0.496 e. The minimum atomic E-state index is 0.0318. The predicted octanol–water partition coefficient (Wildman–Crippen LogP) is 3.21. The van der Waals surface area contributed by atoms with Crippen molar-refractivity contribution in [1.82, 2.24) is 4.90 Å². The first-order valence-corrected chi connectivity index (χ1v) is 7.85. The molecule has 1 aliphatic rings. The van der Waals surface area contributed by atoms with Crippen molar-refractivity contribution in [3.63, 3.8) is 0 Å². The molecule has 1 fully saturated rings. The summed E-state index contributed by atoms with van der Waals surface area (Å²) in [6.45, 7) is 5.60. The fraction of sp³-hybridized carbons (Fsp3) is 0.647. The molecule has 1 heterocycles. The van der Waals surface area contributed by atoms with Gasteiger partial charge in [0.2, 0.25) is 0 Å². The number of methoxy groups -OCH3 is 1. The van der Waals surface area contributed by atoms with E-state index < -0.39 is 0 Å². The van der Waals surface area contributed by atoms with E-state index in [4.69, 9.17) is 10.5 Å². The van der Waals surface area contributed by atoms with Gasteiger partial charge in [-0.25, -0.2) is 0 Å². The van der Waals surface area contributed by atoms with E-state index in [-0.39, 0.29) is 6.04 Å². The molecule has 0 bridgehead atoms. The van der Waals surface area contributed by atoms with E-state index >= 15 is 0 Å². The third-order valence-electron chi connectivity index (χ3n) is 4.51. The summed E-state index contributed by atoms with van der Waals surface area (Å²) in [5, 5.41) is 0. The molecule has 1 aromatic rings. The average molecular weight is 276 g/mol. The molecule has 112 valence electrons. The Morgan fingerprint density at radius 2 is 2.10 bits per heavy atom. The fourth-order valence-corrected chi connectivity index (χ4v) is 3.16. The lowest BCUT2D eigenvalue weighted by Crippen LogP contribution is -2.33. The van der Waals surface area contributed by atoms with Gasteiger partial charge in [-0.3, -0.25) is 0 Å². The second kappa shape index (κ2) is 7.65. The lowest BCUT2D eigenvalue weighted by atomic mass is 9.98. The Bertz CT molecular complexity index is 408. The zero-order valence-corrected chi connectivity index (χ0v) is 12.8. The van der Waals surface area contributed by atoms with Crippen molar-refractivity contribution in [2.75, 3.05) is 26.7 Å². The van der Waals surface area contributed by atoms with E-state index in [0.29, 0.717) is 0 Å². The van der Waals surface area contributed by atoms with E-state index in [1.165, 1.54) is 38.8 Å². The standard InChI is InChI=1S/C17H28N2O/c1-3-14-7-6-11-19(12-10-14)13-16(18)15-8-4-5-9-17(15)20-2/h4-5,8-9,14,16H,3,6-7,10-13,18H2,1-2H3. The molecule has 1 aliphatic heterocycles. The van der Waals surface area contributed by atoms with Crippen LogP contribution in [0.1, 0.15) is 44.2 Å². The topological polar surface area (TPSA) is 38.5 Å². The highest BCUT2D eigenvalue weighted by Crippen LogP contribution is 2.25. The van der Waals surface area contributed by atoms with E-state index in [9.17, 15) is 0 Å². The van der Waals surface area contributed by atoms with Crippen molar-refractivity contribution in [2.45, 2.75) is 38.6 Å². The van der Waals surface area contributed by atoms with E-state index in [0.717, 1.165) is 23.8 Å². The van der Waals surface area contributed by atoms with Gasteiger partial charge in [0.05, 0.1) is 7.11 Å². The molecule has 0 saturated carbocycles. The molecule has 2 N–H and O–H groups in total. The van der Waals surface area contributed by atoms with Gasteiger partial charge >= 0.3 is 0 Å². The molecule has 0 aliphatic carbocycles. The number of nitrogens with two attached hydrogens (primary N) is 1. The maximum atomic E-state index is 6.40. The molecular formula is C17H28N2O. The number of para-hydroxylation sites is 1. The second-order valence-corrected chi connectivity index (χ2v) is 5.85. The van der Waals surface area contributed by atoms with Gasteiger partial charge in [-0.15, -0.1) is 0 Å². The average Bonchev–Trinajstić information content (AvgIpc) is 2.72. The maximum absolute atomic E-state index is 6.40. The van der Waals surface area contributed by atoms with E-state index in [2.05, 4.69) is 17.9 Å². The van der Waals surface area contributed by atoms with Gasteiger partial charge in [-0.05, 0) is 44.3 Å². The van der Waals surface area contributed by atoms with Crippen molar-refractivity contribution in [1.29, 1.82) is 0 Å². The monoisotopic (exact) mass is 276 g/mol. The normalized spacial score (nSPS) is 22.2. The smallest absolute Gasteiger partial charge is 0.123 e. The van der Waals surface area contributed by atoms with Crippen LogP contribution in [0.15, 0.2) is 24.3 Å². The number of hydrogen-bond acceptors (Lipinski definition) is 3. The Labute approximate surface area is 123 Å². The van der Waals surface area contributed by atoms with Gasteiger partial charge in [0.25, 0.3) is 0 Å². The predicted molar refractivity (Wildman–Crippen MR) is 84.0 cm³/mol. The molecule has 1 aromatic carbocycles. The summed E-state index contributed by atoms with van der Waals surface area (Å²) in [6.07, 6.45) is 5.30. The third kappa shape index (κ3) is 3.97. The van der Waals surface area contributed by atoms with Gasteiger partial charge in [0, 0.05) is 18.2 Å². The molecule has 2 unspecified atom stereocenters. The summed E-state index contributed by atoms with van der Waals surface area (Å²) < 4.78 is 5.42. The van der Waals surface area contributed by atoms with Crippen LogP contribution >= 0.6 is 0 Å². The quantitative estimate of drug-likeness (QED) is 0.897. The van der Waals surface area contributed by atoms with Gasteiger partial charge in [0.15, 0.2) is 0 Å². The summed E-state index contributed by atoms with van der Waals surface area (Å²) in [7, 11) is 1.71. The second-order valence-electron chi connectivity index (χ2n) is 5.85. The van der Waals surface area contributed by atoms with Gasteiger partial charge in [-0.1, -0.05) is 31.5 Å². The molecular weight excluding hydrogens is 248 g/mol. The van der Waals surface area contributed by atoms with Crippen LogP contribution in [0.25, 0.3) is 0 Å². The lowest BCUT2D eigenvalue weighted by Gasteiger charge is -2.25. The van der Waals surface area contributed by atoms with Crippen molar-refractivity contribution >= 4 is 0 Å². The first-order chi connectivity index (χ1) is 9.74. The highest BCUT2D eigenvalue weighted by Gasteiger charge is 2.19. The highest BCUT2D eigenvalue weighted by atomic mass is 16.5. The number of hydrogen-bond donors (Lipinski definition) is 1. The summed E-state index contributed by atoms with van der Waals surface area (Å²) >= 11 is 0. The largest absolute Gasteiger partial charge is 0.496 e. The highest BCUT2D eigenvalue weighted by molar-refractivity contribution is 5.35. The van der Waals surface area contributed by atoms with Crippen molar-refractivity contribution in [3.05, 3.63) is 29.8 Å². The molecule has 3 nitrogen and oxygen atoms in total. The van der Waals surface area contributed by atoms with Gasteiger partial charge < -0.3 is 15.4 Å². The van der Waals surface area contributed by atoms with Crippen LogP contribution < -0.4 is 10.5 Å². The minimum absolute atomic E-state index is 0.0318. The van der Waals surface area contributed by atoms with E-state index in [1.54, 1.807) is 7.11 Å². The van der Waals surface area contributed by atoms with Crippen LogP contribution in [0.4, 0.5) is 0 Å². The van der Waals surface area contributed by atoms with Gasteiger partial charge in [0.1, 0.15) is 5.75 Å². The number of ether oxygens (including phenoxy) is 1. The number of rotatable bonds is 5. The fourth-order valence-electron chi connectivity index (χ4n) is 3.16. The van der Waals surface area contributed by atoms with Crippen LogP contribution in [0, 0.1) is 5.92 Å². The number of nitrogens with zero attached hydrogens (tertiary/aromatic N) is 1. The van der Waals surface area contributed by atoms with Crippen molar-refractivity contribution < 1.29 is 4.74 Å². The Kier molecular flexibility index (Phi) is 5.86. The Morgan fingerprint density at radius 3 is 2.85 bits per heavy atom. The first-order valence-electron chi connectivity index (χ1n) is 7.85. The summed E-state index contributed by atoms with van der Waals surface area (Å²) in [6, 6.07) is 8.13. The summed E-state index contributed by atoms with van der Waals surface area (Å²) in [5.41, 5.74) is 7.52. The molecule has 0 aromatic heterocycles. The molecule has 0 radical (unpaired) electrons. The summed E-state index contributed by atoms with van der Waals surface area (Å²) in [4.78, 5) is 2.52. The SMILES string of the molecule is CCC1CCCN(CC(N)c2ccccc2OC)CC1. The molecule has 2 atom stereocenters. The molecule has 20 heavy (non-hydrogen) atoms. The van der Waals surface area contributed by atoms with Crippen LogP contribution in [-0.2, 0) is 0 Å². The maximum Gasteiger partial charge on any atom is 0.123 e. The molecule has 2 rings (SSSR count). The number of likely N-dealkylation sites (tertiary alicyclic amines) is 1. The van der Waals surface area contributed by atoms with Crippen LogP contribution in [0.3, 0.4) is 0 Å². The molecule has 1 saturated heterocycles. The van der Waals surface area contributed by atoms with Crippen LogP contribution in [0.5, 0.6) is 5.75 Å². The van der Waals surface area contributed by atoms with Crippen molar-refractivity contribution in [2.24, 2.45) is 11.7 Å². The first kappa shape index (κ1) is 15.3. The molecule has 0 amide bonds. The zero-order chi connectivity index (χ0) is 14.4. The van der Waals surface area contributed by atoms with E-state index in [1.807, 2.05) is 18.2 Å². The summed E-state index contributed by atoms with van der Waals surface area (Å²) in [5.74, 6) is 1.81. The lowest BCUT2D eigenvalue weighted by molar-refractivity contribution is 0.261. The molecule has 0 spiro atoms. The molecule has 3 heteroatoms. The third-order valence-corrected chi connectivity index (χ3v) is 4.51. The van der Waals surface area contributed by atoms with Gasteiger partial charge in [-0.2, -0.15) is 0 Å². The Balaban J connectivity index is 1.95. The Hall–Kier alpha value is -1.06. The number of benzene rings is 1.